The van der Waals surface area contributed by atoms with Gasteiger partial charge in [-0.2, -0.15) is 0 Å². The Morgan fingerprint density at radius 3 is 2.77 bits per heavy atom. The summed E-state index contributed by atoms with van der Waals surface area (Å²) in [6, 6.07) is 5.61. The molecule has 2 bridgehead atoms. The molecule has 2 aliphatic rings. The van der Waals surface area contributed by atoms with Gasteiger partial charge in [0.2, 0.25) is 0 Å². The molecule has 1 aliphatic carbocycles. The van der Waals surface area contributed by atoms with Crippen LogP contribution in [0.1, 0.15) is 42.5 Å². The molecule has 1 unspecified atom stereocenters. The number of rotatable bonds is 0. The summed E-state index contributed by atoms with van der Waals surface area (Å²) in [5, 5.41) is 2.78. The minimum atomic E-state index is -4.09. The van der Waals surface area contributed by atoms with Crippen LogP contribution < -0.4 is 15.8 Å². The van der Waals surface area contributed by atoms with Crippen LogP contribution >= 0.6 is 0 Å². The normalized spacial score (nSPS) is 29.0. The molecular formula is C18H23N3O4S. The van der Waals surface area contributed by atoms with Crippen LogP contribution in [-0.2, 0) is 14.8 Å². The van der Waals surface area contributed by atoms with Crippen molar-refractivity contribution in [1.29, 1.82) is 0 Å². The van der Waals surface area contributed by atoms with Gasteiger partial charge in [-0.3, -0.25) is 9.59 Å². The fourth-order valence-electron chi connectivity index (χ4n) is 3.01. The maximum Gasteiger partial charge on any atom is 0.264 e. The van der Waals surface area contributed by atoms with Crippen molar-refractivity contribution in [2.45, 2.75) is 42.5 Å². The van der Waals surface area contributed by atoms with Gasteiger partial charge in [0.15, 0.2) is 0 Å². The zero-order chi connectivity index (χ0) is 18.8. The molecule has 140 valence electrons. The first kappa shape index (κ1) is 18.6. The second-order valence-electron chi connectivity index (χ2n) is 6.85. The number of carbonyl (C=O) groups is 2. The van der Waals surface area contributed by atoms with Crippen LogP contribution in [0.15, 0.2) is 41.3 Å². The molecule has 1 aliphatic heterocycles. The van der Waals surface area contributed by atoms with Gasteiger partial charge in [-0.05, 0) is 43.9 Å². The lowest BCUT2D eigenvalue weighted by molar-refractivity contribution is -0.121. The maximum absolute atomic E-state index is 12.5. The minimum Gasteiger partial charge on any atom is -0.352 e. The highest BCUT2D eigenvalue weighted by Gasteiger charge is 2.56. The lowest BCUT2D eigenvalue weighted by Gasteiger charge is -2.12. The number of allylic oxidation sites excluding steroid dienone is 1. The van der Waals surface area contributed by atoms with Crippen molar-refractivity contribution in [3.05, 3.63) is 42.0 Å². The summed E-state index contributed by atoms with van der Waals surface area (Å²) in [6.45, 7) is 0.533. The van der Waals surface area contributed by atoms with Crippen LogP contribution in [0.5, 0.6) is 0 Å². The van der Waals surface area contributed by atoms with Crippen LogP contribution in [-0.4, -0.2) is 32.3 Å². The van der Waals surface area contributed by atoms with E-state index in [0.29, 0.717) is 13.0 Å². The average Bonchev–Trinajstić information content (AvgIpc) is 3.28. The van der Waals surface area contributed by atoms with E-state index in [1.165, 1.54) is 24.3 Å². The predicted molar refractivity (Wildman–Crippen MR) is 96.7 cm³/mol. The fourth-order valence-corrected chi connectivity index (χ4v) is 4.11. The van der Waals surface area contributed by atoms with E-state index in [1.807, 2.05) is 16.9 Å². The third-order valence-electron chi connectivity index (χ3n) is 4.82. The molecule has 3 rings (SSSR count). The molecular weight excluding hydrogens is 354 g/mol. The van der Waals surface area contributed by atoms with Crippen molar-refractivity contribution < 1.29 is 18.0 Å². The Hall–Kier alpha value is -2.19. The highest BCUT2D eigenvalue weighted by Crippen LogP contribution is 2.42. The standard InChI is InChI=1S/C18H23N3O4S/c19-18-12-14(18)8-4-2-1-3-5-10-20-16(22)13-7-6-9-15(11-13)26(24,25)21-17(18)23/h4,6-9,11,14H,1-3,5,10,12,19H2,(H,20,22)(H,21,23)/t14?,18-/m1/s1. The fraction of sp³-hybridized carbons (Fsp3) is 0.444. The van der Waals surface area contributed by atoms with Gasteiger partial charge >= 0.3 is 0 Å². The van der Waals surface area contributed by atoms with E-state index in [0.717, 1.165) is 25.7 Å². The summed E-state index contributed by atoms with van der Waals surface area (Å²) >= 11 is 0. The number of carbonyl (C=O) groups excluding carboxylic acids is 2. The van der Waals surface area contributed by atoms with Gasteiger partial charge in [-0.15, -0.1) is 0 Å². The largest absolute Gasteiger partial charge is 0.352 e. The smallest absolute Gasteiger partial charge is 0.264 e. The number of hydrogen-bond donors (Lipinski definition) is 3. The van der Waals surface area contributed by atoms with Gasteiger partial charge in [0.1, 0.15) is 5.54 Å². The SMILES string of the molecule is N[C@]12CC1C=CCCCCCNC(=O)c1cccc(c1)S(=O)(=O)NC2=O. The summed E-state index contributed by atoms with van der Waals surface area (Å²) in [7, 11) is -4.09. The third-order valence-corrected chi connectivity index (χ3v) is 6.15. The predicted octanol–water partition coefficient (Wildman–Crippen LogP) is 1.07. The summed E-state index contributed by atoms with van der Waals surface area (Å²) in [6.07, 6.45) is 7.97. The van der Waals surface area contributed by atoms with E-state index < -0.39 is 21.5 Å². The van der Waals surface area contributed by atoms with Crippen molar-refractivity contribution in [3.8, 4) is 0 Å². The zero-order valence-electron chi connectivity index (χ0n) is 14.4. The Bertz CT molecular complexity index is 850. The van der Waals surface area contributed by atoms with Crippen LogP contribution in [0, 0.1) is 5.92 Å². The summed E-state index contributed by atoms with van der Waals surface area (Å²) in [5.74, 6) is -1.20. The third kappa shape index (κ3) is 3.96. The van der Waals surface area contributed by atoms with E-state index in [4.69, 9.17) is 5.73 Å². The molecule has 1 aromatic carbocycles. The molecule has 0 saturated heterocycles. The van der Waals surface area contributed by atoms with Crippen LogP contribution in [0.25, 0.3) is 0 Å². The summed E-state index contributed by atoms with van der Waals surface area (Å²) in [5.41, 5.74) is 5.10. The average molecular weight is 377 g/mol. The highest BCUT2D eigenvalue weighted by atomic mass is 32.2. The van der Waals surface area contributed by atoms with Gasteiger partial charge in [0.25, 0.3) is 21.8 Å². The van der Waals surface area contributed by atoms with Crippen LogP contribution in [0.4, 0.5) is 0 Å². The number of hydrogen-bond acceptors (Lipinski definition) is 5. The molecule has 0 spiro atoms. The first-order chi connectivity index (χ1) is 12.3. The van der Waals surface area contributed by atoms with Crippen molar-refractivity contribution in [1.82, 2.24) is 10.0 Å². The van der Waals surface area contributed by atoms with E-state index >= 15 is 0 Å². The molecule has 1 fully saturated rings. The molecule has 0 aromatic heterocycles. The van der Waals surface area contributed by atoms with Crippen molar-refractivity contribution in [3.63, 3.8) is 0 Å². The Morgan fingerprint density at radius 2 is 1.96 bits per heavy atom. The molecule has 26 heavy (non-hydrogen) atoms. The second-order valence-corrected chi connectivity index (χ2v) is 8.53. The Morgan fingerprint density at radius 1 is 1.15 bits per heavy atom. The van der Waals surface area contributed by atoms with Gasteiger partial charge in [-0.25, -0.2) is 13.1 Å². The number of benzene rings is 1. The van der Waals surface area contributed by atoms with Gasteiger partial charge in [0.05, 0.1) is 4.90 Å². The topological polar surface area (TPSA) is 118 Å². The molecule has 7 nitrogen and oxygen atoms in total. The Labute approximate surface area is 153 Å². The lowest BCUT2D eigenvalue weighted by atomic mass is 10.1. The van der Waals surface area contributed by atoms with Crippen LogP contribution in [0.3, 0.4) is 0 Å². The molecule has 0 radical (unpaired) electrons. The van der Waals surface area contributed by atoms with E-state index in [1.54, 1.807) is 0 Å². The Kier molecular flexibility index (Phi) is 5.15. The zero-order valence-corrected chi connectivity index (χ0v) is 15.2. The second kappa shape index (κ2) is 7.20. The van der Waals surface area contributed by atoms with E-state index in [9.17, 15) is 18.0 Å². The number of sulfonamides is 1. The maximum atomic E-state index is 12.5. The number of nitrogens with two attached hydrogens (primary N) is 1. The van der Waals surface area contributed by atoms with E-state index in [2.05, 4.69) is 5.32 Å². The molecule has 2 amide bonds. The molecule has 1 heterocycles. The molecule has 8 heteroatoms. The summed E-state index contributed by atoms with van der Waals surface area (Å²) < 4.78 is 27.0. The van der Waals surface area contributed by atoms with Gasteiger partial charge < -0.3 is 11.1 Å². The van der Waals surface area contributed by atoms with Crippen molar-refractivity contribution in [2.24, 2.45) is 11.7 Å². The van der Waals surface area contributed by atoms with Crippen molar-refractivity contribution >= 4 is 21.8 Å². The lowest BCUT2D eigenvalue weighted by Crippen LogP contribution is -2.46. The monoisotopic (exact) mass is 377 g/mol. The first-order valence-electron chi connectivity index (χ1n) is 8.74. The van der Waals surface area contributed by atoms with Gasteiger partial charge in [0, 0.05) is 18.0 Å². The molecule has 1 saturated carbocycles. The minimum absolute atomic E-state index is 0.140. The molecule has 4 N–H and O–H groups in total. The quantitative estimate of drug-likeness (QED) is 0.585. The highest BCUT2D eigenvalue weighted by molar-refractivity contribution is 7.90. The van der Waals surface area contributed by atoms with Gasteiger partial charge in [-0.1, -0.05) is 24.6 Å². The van der Waals surface area contributed by atoms with Crippen LogP contribution in [0.2, 0.25) is 0 Å². The van der Waals surface area contributed by atoms with E-state index in [-0.39, 0.29) is 22.3 Å². The number of nitrogens with one attached hydrogen (secondary N) is 2. The van der Waals surface area contributed by atoms with Crippen molar-refractivity contribution in [2.75, 3.05) is 6.54 Å². The first-order valence-corrected chi connectivity index (χ1v) is 10.2. The number of amides is 2. The summed E-state index contributed by atoms with van der Waals surface area (Å²) in [4.78, 5) is 24.4. The molecule has 1 aromatic rings. The molecule has 2 atom stereocenters. The number of fused-ring (bicyclic) bond motifs is 3. The Balaban J connectivity index is 1.87.